The number of aliphatic hydroxyl groups is 1. The summed E-state index contributed by atoms with van der Waals surface area (Å²) in [4.78, 5) is 25.1. The van der Waals surface area contributed by atoms with E-state index in [0.29, 0.717) is 5.57 Å². The summed E-state index contributed by atoms with van der Waals surface area (Å²) >= 11 is 0. The summed E-state index contributed by atoms with van der Waals surface area (Å²) in [6.07, 6.45) is 3.04. The van der Waals surface area contributed by atoms with Gasteiger partial charge < -0.3 is 26.4 Å². The number of piperidine rings is 2. The monoisotopic (exact) mass is 364 g/mol. The molecule has 3 aliphatic heterocycles. The van der Waals surface area contributed by atoms with Crippen LogP contribution in [0.4, 0.5) is 0 Å². The molecule has 2 amide bonds. The number of carbonyl (C=O) groups excluding carboxylic acids is 2. The third-order valence-corrected chi connectivity index (χ3v) is 6.24. The molecule has 0 bridgehead atoms. The van der Waals surface area contributed by atoms with Gasteiger partial charge in [-0.05, 0) is 58.7 Å². The second-order valence-electron chi connectivity index (χ2n) is 7.94. The van der Waals surface area contributed by atoms with E-state index in [2.05, 4.69) is 28.2 Å². The Morgan fingerprint density at radius 2 is 2.15 bits per heavy atom. The molecular weight excluding hydrogens is 332 g/mol. The first-order chi connectivity index (χ1) is 12.5. The van der Waals surface area contributed by atoms with Crippen LogP contribution < -0.4 is 21.3 Å². The highest BCUT2D eigenvalue weighted by atomic mass is 16.3. The first kappa shape index (κ1) is 19.3. The van der Waals surface area contributed by atoms with Gasteiger partial charge in [-0.25, -0.2) is 0 Å². The van der Waals surface area contributed by atoms with Gasteiger partial charge in [-0.1, -0.05) is 5.57 Å². The molecule has 0 aliphatic carbocycles. The first-order valence-corrected chi connectivity index (χ1v) is 9.86. The van der Waals surface area contributed by atoms with E-state index in [0.717, 1.165) is 44.5 Å². The van der Waals surface area contributed by atoms with E-state index in [4.69, 9.17) is 0 Å². The lowest BCUT2D eigenvalue weighted by molar-refractivity contribution is -0.125. The summed E-state index contributed by atoms with van der Waals surface area (Å²) in [6.45, 7) is 6.74. The van der Waals surface area contributed by atoms with E-state index in [1.54, 1.807) is 0 Å². The molecule has 0 aromatic heterocycles. The van der Waals surface area contributed by atoms with Crippen molar-refractivity contribution in [3.63, 3.8) is 0 Å². The fourth-order valence-electron chi connectivity index (χ4n) is 4.77. The quantitative estimate of drug-likeness (QED) is 0.460. The molecule has 2 saturated heterocycles. The fraction of sp³-hybridized carbons (Fsp3) is 0.789. The summed E-state index contributed by atoms with van der Waals surface area (Å²) in [5.74, 6) is 0.169. The average Bonchev–Trinajstić information content (AvgIpc) is 2.63. The van der Waals surface area contributed by atoms with Gasteiger partial charge in [0.15, 0.2) is 0 Å². The van der Waals surface area contributed by atoms with Crippen LogP contribution in [0.1, 0.15) is 39.5 Å². The maximum Gasteiger partial charge on any atom is 0.247 e. The van der Waals surface area contributed by atoms with Gasteiger partial charge >= 0.3 is 0 Å². The highest BCUT2D eigenvalue weighted by molar-refractivity contribution is 6.00. The summed E-state index contributed by atoms with van der Waals surface area (Å²) in [5.41, 5.74) is 1.60. The number of nitrogens with one attached hydrogen (secondary N) is 4. The summed E-state index contributed by atoms with van der Waals surface area (Å²) in [7, 11) is 0. The van der Waals surface area contributed by atoms with Crippen molar-refractivity contribution in [2.45, 2.75) is 57.7 Å². The molecule has 0 radical (unpaired) electrons. The lowest BCUT2D eigenvalue weighted by atomic mass is 9.76. The number of aliphatic hydroxyl groups excluding tert-OH is 1. The van der Waals surface area contributed by atoms with Crippen LogP contribution in [-0.2, 0) is 9.59 Å². The first-order valence-electron chi connectivity index (χ1n) is 9.86. The van der Waals surface area contributed by atoms with Crippen LogP contribution in [0.5, 0.6) is 0 Å². The molecule has 4 unspecified atom stereocenters. The lowest BCUT2D eigenvalue weighted by Gasteiger charge is -2.42. The number of hydrogen-bond donors (Lipinski definition) is 5. The largest absolute Gasteiger partial charge is 0.394 e. The normalized spacial score (nSPS) is 33.3. The molecule has 146 valence electrons. The van der Waals surface area contributed by atoms with Crippen LogP contribution in [0.25, 0.3) is 0 Å². The minimum absolute atomic E-state index is 0.0737. The minimum atomic E-state index is -0.258. The number of hydrogen-bond acceptors (Lipinski definition) is 5. The molecule has 0 aromatic rings. The van der Waals surface area contributed by atoms with Crippen LogP contribution in [0, 0.1) is 11.8 Å². The van der Waals surface area contributed by atoms with Crippen LogP contribution in [0.3, 0.4) is 0 Å². The Balaban J connectivity index is 1.67. The van der Waals surface area contributed by atoms with Crippen molar-refractivity contribution < 1.29 is 14.7 Å². The Kier molecular flexibility index (Phi) is 6.32. The Labute approximate surface area is 155 Å². The number of rotatable bonds is 5. The zero-order chi connectivity index (χ0) is 18.7. The summed E-state index contributed by atoms with van der Waals surface area (Å²) < 4.78 is 0. The molecule has 0 spiro atoms. The summed E-state index contributed by atoms with van der Waals surface area (Å²) in [6, 6.07) is 0.181. The Hall–Kier alpha value is -1.44. The van der Waals surface area contributed by atoms with Gasteiger partial charge in [0.25, 0.3) is 0 Å². The van der Waals surface area contributed by atoms with Crippen LogP contribution in [-0.4, -0.2) is 61.3 Å². The molecule has 7 nitrogen and oxygen atoms in total. The standard InChI is InChI=1S/C19H32N4O3/c1-11-14(19(26)23-15-5-7-21-12(2)18(11)15)8-17(25)22-16(10-24)13-4-3-6-20-9-13/h12-13,15-16,18,20-21,24H,3-10H2,1-2H3,(H,22,25)(H,23,26)/t12?,13?,15?,16-,18?/m1/s1. The Bertz CT molecular complexity index is 571. The maximum atomic E-state index is 12.6. The van der Waals surface area contributed by atoms with Gasteiger partial charge in [0.1, 0.15) is 0 Å². The van der Waals surface area contributed by atoms with Gasteiger partial charge in [0.05, 0.1) is 19.1 Å². The number of amides is 2. The van der Waals surface area contributed by atoms with Gasteiger partial charge in [0, 0.05) is 23.6 Å². The average molecular weight is 364 g/mol. The third-order valence-electron chi connectivity index (χ3n) is 6.24. The van der Waals surface area contributed by atoms with Crippen molar-refractivity contribution in [1.29, 1.82) is 0 Å². The molecule has 26 heavy (non-hydrogen) atoms. The molecular formula is C19H32N4O3. The Morgan fingerprint density at radius 1 is 1.35 bits per heavy atom. The highest BCUT2D eigenvalue weighted by Crippen LogP contribution is 2.32. The minimum Gasteiger partial charge on any atom is -0.394 e. The van der Waals surface area contributed by atoms with Crippen molar-refractivity contribution in [3.05, 3.63) is 11.1 Å². The van der Waals surface area contributed by atoms with Gasteiger partial charge in [-0.3, -0.25) is 9.59 Å². The van der Waals surface area contributed by atoms with E-state index in [-0.39, 0.29) is 54.8 Å². The molecule has 0 aromatic carbocycles. The highest BCUT2D eigenvalue weighted by Gasteiger charge is 2.39. The maximum absolute atomic E-state index is 12.6. The van der Waals surface area contributed by atoms with Crippen molar-refractivity contribution in [1.82, 2.24) is 21.3 Å². The second kappa shape index (κ2) is 8.50. The van der Waals surface area contributed by atoms with Crippen molar-refractivity contribution in [2.75, 3.05) is 26.2 Å². The topological polar surface area (TPSA) is 102 Å². The van der Waals surface area contributed by atoms with E-state index in [1.807, 2.05) is 6.92 Å². The van der Waals surface area contributed by atoms with Crippen molar-refractivity contribution in [3.8, 4) is 0 Å². The second-order valence-corrected chi connectivity index (χ2v) is 7.94. The van der Waals surface area contributed by atoms with Gasteiger partial charge in [-0.2, -0.15) is 0 Å². The van der Waals surface area contributed by atoms with E-state index in [1.165, 1.54) is 0 Å². The Morgan fingerprint density at radius 3 is 2.85 bits per heavy atom. The smallest absolute Gasteiger partial charge is 0.247 e. The third kappa shape index (κ3) is 4.10. The summed E-state index contributed by atoms with van der Waals surface area (Å²) in [5, 5.41) is 22.5. The van der Waals surface area contributed by atoms with Crippen LogP contribution >= 0.6 is 0 Å². The molecule has 3 heterocycles. The van der Waals surface area contributed by atoms with Crippen molar-refractivity contribution >= 4 is 11.8 Å². The zero-order valence-electron chi connectivity index (χ0n) is 15.8. The molecule has 7 heteroatoms. The van der Waals surface area contributed by atoms with Gasteiger partial charge in [0.2, 0.25) is 11.8 Å². The molecule has 3 rings (SSSR count). The van der Waals surface area contributed by atoms with Crippen LogP contribution in [0.2, 0.25) is 0 Å². The van der Waals surface area contributed by atoms with Crippen molar-refractivity contribution in [2.24, 2.45) is 11.8 Å². The SMILES string of the molecule is CC1=C(CC(=O)N[C@H](CO)C2CCCNC2)C(=O)NC2CCNC(C)C12. The lowest BCUT2D eigenvalue weighted by Crippen LogP contribution is -2.57. The van der Waals surface area contributed by atoms with E-state index in [9.17, 15) is 14.7 Å². The van der Waals surface area contributed by atoms with Crippen LogP contribution in [0.15, 0.2) is 11.1 Å². The van der Waals surface area contributed by atoms with E-state index >= 15 is 0 Å². The predicted molar refractivity (Wildman–Crippen MR) is 99.4 cm³/mol. The molecule has 2 fully saturated rings. The molecule has 5 N–H and O–H groups in total. The zero-order valence-corrected chi connectivity index (χ0v) is 15.8. The van der Waals surface area contributed by atoms with E-state index < -0.39 is 0 Å². The number of carbonyl (C=O) groups is 2. The molecule has 0 saturated carbocycles. The molecule has 3 aliphatic rings. The predicted octanol–water partition coefficient (Wildman–Crippen LogP) is -0.334. The fourth-order valence-corrected chi connectivity index (χ4v) is 4.77. The molecule has 5 atom stereocenters. The number of fused-ring (bicyclic) bond motifs is 1. The van der Waals surface area contributed by atoms with Gasteiger partial charge in [-0.15, -0.1) is 0 Å².